The van der Waals surface area contributed by atoms with Crippen molar-refractivity contribution in [1.29, 1.82) is 0 Å². The van der Waals surface area contributed by atoms with Gasteiger partial charge in [-0.25, -0.2) is 8.42 Å². The molecule has 3 aromatic carbocycles. The standard InChI is InChI=1S/C24H19ClN2O5S/c25-17-6-8-18(9-7-17)33(29,30)23-13-27(20-4-2-1-3-19(20)23)14-24(28)26-12-16-5-10-21-22(11-16)32-15-31-21/h1-11,13H,12,14-15H2,(H,26,28). The molecule has 0 fully saturated rings. The van der Waals surface area contributed by atoms with Crippen molar-refractivity contribution in [3.8, 4) is 11.5 Å². The molecule has 1 N–H and O–H groups in total. The molecule has 0 unspecified atom stereocenters. The molecular formula is C24H19ClN2O5S. The van der Waals surface area contributed by atoms with E-state index in [0.717, 1.165) is 5.56 Å². The van der Waals surface area contributed by atoms with E-state index in [1.165, 1.54) is 30.5 Å². The lowest BCUT2D eigenvalue weighted by atomic mass is 10.2. The first-order chi connectivity index (χ1) is 15.9. The van der Waals surface area contributed by atoms with Gasteiger partial charge in [0.2, 0.25) is 22.5 Å². The molecule has 0 saturated heterocycles. The van der Waals surface area contributed by atoms with E-state index in [9.17, 15) is 13.2 Å². The van der Waals surface area contributed by atoms with Crippen LogP contribution in [0, 0.1) is 0 Å². The number of carbonyl (C=O) groups excluding carboxylic acids is 1. The highest BCUT2D eigenvalue weighted by Gasteiger charge is 2.24. The van der Waals surface area contributed by atoms with Gasteiger partial charge in [0.15, 0.2) is 11.5 Å². The number of nitrogens with zero attached hydrogens (tertiary/aromatic N) is 1. The summed E-state index contributed by atoms with van der Waals surface area (Å²) in [7, 11) is -3.80. The monoisotopic (exact) mass is 482 g/mol. The number of benzene rings is 3. The number of amides is 1. The maximum absolute atomic E-state index is 13.3. The second-order valence-electron chi connectivity index (χ2n) is 7.56. The lowest BCUT2D eigenvalue weighted by Crippen LogP contribution is -2.26. The summed E-state index contributed by atoms with van der Waals surface area (Å²) in [4.78, 5) is 13.0. The molecule has 1 aromatic heterocycles. The summed E-state index contributed by atoms with van der Waals surface area (Å²) in [6, 6.07) is 18.6. The van der Waals surface area contributed by atoms with E-state index in [1.54, 1.807) is 28.8 Å². The quantitative estimate of drug-likeness (QED) is 0.445. The molecule has 1 amide bonds. The summed E-state index contributed by atoms with van der Waals surface area (Å²) < 4.78 is 38.9. The molecule has 0 aliphatic carbocycles. The van der Waals surface area contributed by atoms with E-state index in [2.05, 4.69) is 5.32 Å². The van der Waals surface area contributed by atoms with Gasteiger partial charge in [-0.3, -0.25) is 4.79 Å². The number of carbonyl (C=O) groups is 1. The molecule has 0 spiro atoms. The first-order valence-corrected chi connectivity index (χ1v) is 12.0. The number of hydrogen-bond donors (Lipinski definition) is 1. The highest BCUT2D eigenvalue weighted by molar-refractivity contribution is 7.91. The Balaban J connectivity index is 1.38. The zero-order valence-electron chi connectivity index (χ0n) is 17.3. The fourth-order valence-electron chi connectivity index (χ4n) is 3.76. The van der Waals surface area contributed by atoms with Crippen LogP contribution in [0.2, 0.25) is 5.02 Å². The third-order valence-electron chi connectivity index (χ3n) is 5.41. The van der Waals surface area contributed by atoms with Gasteiger partial charge in [-0.2, -0.15) is 0 Å². The summed E-state index contributed by atoms with van der Waals surface area (Å²) in [5.74, 6) is 1.08. The molecule has 0 bridgehead atoms. The number of rotatable bonds is 6. The lowest BCUT2D eigenvalue weighted by Gasteiger charge is -2.08. The van der Waals surface area contributed by atoms with Crippen molar-refractivity contribution in [2.45, 2.75) is 22.9 Å². The van der Waals surface area contributed by atoms with Crippen LogP contribution in [0.3, 0.4) is 0 Å². The van der Waals surface area contributed by atoms with Gasteiger partial charge in [0.1, 0.15) is 6.54 Å². The zero-order chi connectivity index (χ0) is 23.0. The molecule has 1 aliphatic heterocycles. The van der Waals surface area contributed by atoms with Crippen LogP contribution in [0.5, 0.6) is 11.5 Å². The second kappa shape index (κ2) is 8.46. The predicted octanol–water partition coefficient (Wildman–Crippen LogP) is 4.17. The van der Waals surface area contributed by atoms with Crippen LogP contribution in [0.4, 0.5) is 0 Å². The average molecular weight is 483 g/mol. The number of hydrogen-bond acceptors (Lipinski definition) is 5. The molecule has 2 heterocycles. The molecule has 168 valence electrons. The number of aromatic nitrogens is 1. The first kappa shape index (κ1) is 21.4. The Kier molecular flexibility index (Phi) is 5.47. The maximum atomic E-state index is 13.3. The Morgan fingerprint density at radius 1 is 1.00 bits per heavy atom. The minimum Gasteiger partial charge on any atom is -0.454 e. The fraction of sp³-hybridized carbons (Fsp3) is 0.125. The van der Waals surface area contributed by atoms with Crippen molar-refractivity contribution in [1.82, 2.24) is 9.88 Å². The molecular weight excluding hydrogens is 464 g/mol. The van der Waals surface area contributed by atoms with E-state index in [1.807, 2.05) is 18.2 Å². The highest BCUT2D eigenvalue weighted by atomic mass is 35.5. The molecule has 0 saturated carbocycles. The van der Waals surface area contributed by atoms with Crippen LogP contribution in [0.15, 0.2) is 82.7 Å². The number of ether oxygens (including phenoxy) is 2. The van der Waals surface area contributed by atoms with Crippen LogP contribution in [-0.4, -0.2) is 25.7 Å². The average Bonchev–Trinajstić information content (AvgIpc) is 3.43. The molecule has 5 rings (SSSR count). The maximum Gasteiger partial charge on any atom is 0.240 e. The Labute approximate surface area is 195 Å². The van der Waals surface area contributed by atoms with Crippen molar-refractivity contribution in [2.24, 2.45) is 0 Å². The van der Waals surface area contributed by atoms with Crippen molar-refractivity contribution < 1.29 is 22.7 Å². The number of nitrogens with one attached hydrogen (secondary N) is 1. The largest absolute Gasteiger partial charge is 0.454 e. The van der Waals surface area contributed by atoms with Gasteiger partial charge < -0.3 is 19.4 Å². The van der Waals surface area contributed by atoms with Crippen molar-refractivity contribution in [3.05, 3.63) is 83.5 Å². The van der Waals surface area contributed by atoms with Crippen LogP contribution in [0.1, 0.15) is 5.56 Å². The van der Waals surface area contributed by atoms with Crippen molar-refractivity contribution in [3.63, 3.8) is 0 Å². The Hall–Kier alpha value is -3.49. The minimum absolute atomic E-state index is 0.0266. The summed E-state index contributed by atoms with van der Waals surface area (Å²) in [5.41, 5.74) is 1.53. The van der Waals surface area contributed by atoms with Gasteiger partial charge in [-0.15, -0.1) is 0 Å². The predicted molar refractivity (Wildman–Crippen MR) is 123 cm³/mol. The highest BCUT2D eigenvalue weighted by Crippen LogP contribution is 2.33. The number of fused-ring (bicyclic) bond motifs is 2. The van der Waals surface area contributed by atoms with E-state index in [-0.39, 0.29) is 29.0 Å². The summed E-state index contributed by atoms with van der Waals surface area (Å²) >= 11 is 5.91. The van der Waals surface area contributed by atoms with E-state index in [0.29, 0.717) is 34.0 Å². The lowest BCUT2D eigenvalue weighted by molar-refractivity contribution is -0.121. The molecule has 1 aliphatic rings. The molecule has 33 heavy (non-hydrogen) atoms. The Morgan fingerprint density at radius 3 is 2.58 bits per heavy atom. The molecule has 9 heteroatoms. The second-order valence-corrected chi connectivity index (χ2v) is 9.91. The Bertz CT molecular complexity index is 1460. The van der Waals surface area contributed by atoms with Gasteiger partial charge in [-0.05, 0) is 48.0 Å². The Morgan fingerprint density at radius 2 is 1.76 bits per heavy atom. The van der Waals surface area contributed by atoms with Gasteiger partial charge in [0.05, 0.1) is 9.79 Å². The third kappa shape index (κ3) is 4.15. The number of sulfone groups is 1. The number of halogens is 1. The summed E-state index contributed by atoms with van der Waals surface area (Å²) in [6.45, 7) is 0.471. The van der Waals surface area contributed by atoms with Crippen LogP contribution < -0.4 is 14.8 Å². The van der Waals surface area contributed by atoms with Crippen LogP contribution in [0.25, 0.3) is 10.9 Å². The van der Waals surface area contributed by atoms with Gasteiger partial charge in [-0.1, -0.05) is 35.9 Å². The SMILES string of the molecule is O=C(Cn1cc(S(=O)(=O)c2ccc(Cl)cc2)c2ccccc21)NCc1ccc2c(c1)OCO2. The van der Waals surface area contributed by atoms with Crippen LogP contribution >= 0.6 is 11.6 Å². The van der Waals surface area contributed by atoms with E-state index >= 15 is 0 Å². The van der Waals surface area contributed by atoms with E-state index in [4.69, 9.17) is 21.1 Å². The molecule has 4 aromatic rings. The first-order valence-electron chi connectivity index (χ1n) is 10.2. The fourth-order valence-corrected chi connectivity index (χ4v) is 5.36. The summed E-state index contributed by atoms with van der Waals surface area (Å²) in [5, 5.41) is 3.88. The van der Waals surface area contributed by atoms with E-state index < -0.39 is 9.84 Å². The van der Waals surface area contributed by atoms with Crippen LogP contribution in [-0.2, 0) is 27.7 Å². The third-order valence-corrected chi connectivity index (χ3v) is 7.46. The smallest absolute Gasteiger partial charge is 0.240 e. The molecule has 0 atom stereocenters. The van der Waals surface area contributed by atoms with Crippen molar-refractivity contribution >= 4 is 38.2 Å². The summed E-state index contributed by atoms with van der Waals surface area (Å²) in [6.07, 6.45) is 1.51. The normalized spacial score (nSPS) is 12.8. The number of para-hydroxylation sites is 1. The van der Waals surface area contributed by atoms with Crippen molar-refractivity contribution in [2.75, 3.05) is 6.79 Å². The molecule has 7 nitrogen and oxygen atoms in total. The van der Waals surface area contributed by atoms with Gasteiger partial charge in [0, 0.05) is 28.7 Å². The topological polar surface area (TPSA) is 86.6 Å². The van der Waals surface area contributed by atoms with Gasteiger partial charge >= 0.3 is 0 Å². The van der Waals surface area contributed by atoms with Gasteiger partial charge in [0.25, 0.3) is 0 Å². The molecule has 0 radical (unpaired) electrons. The minimum atomic E-state index is -3.80. The zero-order valence-corrected chi connectivity index (χ0v) is 18.9.